The van der Waals surface area contributed by atoms with Gasteiger partial charge in [-0.15, -0.1) is 0 Å². The zero-order valence-electron chi connectivity index (χ0n) is 10.7. The van der Waals surface area contributed by atoms with Gasteiger partial charge in [0, 0.05) is 7.05 Å². The fourth-order valence-corrected chi connectivity index (χ4v) is 2.37. The van der Waals surface area contributed by atoms with E-state index in [2.05, 4.69) is 25.5 Å². The van der Waals surface area contributed by atoms with Crippen LogP contribution in [0, 0.1) is 0 Å². The summed E-state index contributed by atoms with van der Waals surface area (Å²) >= 11 is 0. The number of ether oxygens (including phenoxy) is 1. The van der Waals surface area contributed by atoms with Crippen molar-refractivity contribution in [2.75, 3.05) is 19.0 Å². The molecule has 4 atom stereocenters. The number of nitrogens with zero attached hydrogens (tertiary/aromatic N) is 3. The van der Waals surface area contributed by atoms with E-state index in [9.17, 15) is 10.2 Å². The molecule has 20 heavy (non-hydrogen) atoms. The van der Waals surface area contributed by atoms with Crippen molar-refractivity contribution in [3.05, 3.63) is 12.0 Å². The molecule has 0 unspecified atom stereocenters. The molecule has 1 saturated heterocycles. The minimum absolute atomic E-state index is 0.377. The normalized spacial score (nSPS) is 30.0. The lowest BCUT2D eigenvalue weighted by Crippen LogP contribution is -2.32. The highest BCUT2D eigenvalue weighted by Crippen LogP contribution is 2.35. The first-order chi connectivity index (χ1) is 9.67. The van der Waals surface area contributed by atoms with Crippen LogP contribution in [-0.2, 0) is 4.74 Å². The predicted molar refractivity (Wildman–Crippen MR) is 67.9 cm³/mol. The number of fused-ring (bicyclic) bond motifs is 1. The van der Waals surface area contributed by atoms with E-state index in [4.69, 9.17) is 9.84 Å². The van der Waals surface area contributed by atoms with Crippen LogP contribution in [0.5, 0.6) is 0 Å². The minimum atomic E-state index is -1.16. The second-order valence-corrected chi connectivity index (χ2v) is 4.57. The average molecular weight is 281 g/mol. The highest BCUT2D eigenvalue weighted by molar-refractivity contribution is 5.86. The SMILES string of the molecule is CNc1ncnc2c([C@H]3O[C@@H](CO)[C@@H](O)[C@@H]3O)[nH]nc12. The van der Waals surface area contributed by atoms with Gasteiger partial charge in [0.25, 0.3) is 0 Å². The molecule has 108 valence electrons. The van der Waals surface area contributed by atoms with Gasteiger partial charge in [-0.1, -0.05) is 0 Å². The molecule has 3 heterocycles. The number of anilines is 1. The molecule has 3 rings (SSSR count). The van der Waals surface area contributed by atoms with Gasteiger partial charge in [-0.05, 0) is 0 Å². The van der Waals surface area contributed by atoms with Gasteiger partial charge in [0.2, 0.25) is 0 Å². The van der Waals surface area contributed by atoms with Gasteiger partial charge in [-0.3, -0.25) is 5.10 Å². The Kier molecular flexibility index (Phi) is 3.26. The quantitative estimate of drug-likeness (QED) is 0.461. The number of aliphatic hydroxyl groups excluding tert-OH is 3. The molecular weight excluding hydrogens is 266 g/mol. The molecule has 1 aliphatic rings. The highest BCUT2D eigenvalue weighted by atomic mass is 16.6. The summed E-state index contributed by atoms with van der Waals surface area (Å²) in [6, 6.07) is 0. The number of hydrogen-bond acceptors (Lipinski definition) is 8. The maximum atomic E-state index is 10.0. The van der Waals surface area contributed by atoms with Crippen molar-refractivity contribution in [1.29, 1.82) is 0 Å². The van der Waals surface area contributed by atoms with Crippen LogP contribution >= 0.6 is 0 Å². The van der Waals surface area contributed by atoms with E-state index < -0.39 is 24.4 Å². The van der Waals surface area contributed by atoms with Crippen molar-refractivity contribution in [2.24, 2.45) is 0 Å². The number of aromatic amines is 1. The molecule has 5 N–H and O–H groups in total. The number of aliphatic hydroxyl groups is 3. The van der Waals surface area contributed by atoms with E-state index in [0.717, 1.165) is 0 Å². The molecule has 2 aromatic rings. The molecule has 0 aromatic carbocycles. The van der Waals surface area contributed by atoms with Gasteiger partial charge in [0.15, 0.2) is 11.3 Å². The molecule has 0 amide bonds. The largest absolute Gasteiger partial charge is 0.394 e. The Balaban J connectivity index is 2.03. The van der Waals surface area contributed by atoms with Gasteiger partial charge in [-0.2, -0.15) is 5.10 Å². The maximum Gasteiger partial charge on any atom is 0.157 e. The monoisotopic (exact) mass is 281 g/mol. The van der Waals surface area contributed by atoms with E-state index in [-0.39, 0.29) is 6.61 Å². The molecule has 1 aliphatic heterocycles. The first kappa shape index (κ1) is 13.2. The van der Waals surface area contributed by atoms with Crippen LogP contribution < -0.4 is 5.32 Å². The average Bonchev–Trinajstić information content (AvgIpc) is 3.01. The Labute approximate surface area is 113 Å². The number of nitrogens with one attached hydrogen (secondary N) is 2. The third-order valence-electron chi connectivity index (χ3n) is 3.43. The lowest BCUT2D eigenvalue weighted by molar-refractivity contribution is -0.0236. The van der Waals surface area contributed by atoms with E-state index in [0.29, 0.717) is 22.5 Å². The molecule has 1 fully saturated rings. The van der Waals surface area contributed by atoms with Crippen LogP contribution in [0.1, 0.15) is 11.8 Å². The summed E-state index contributed by atoms with van der Waals surface area (Å²) in [5.41, 5.74) is 1.46. The molecule has 9 nitrogen and oxygen atoms in total. The molecule has 2 aromatic heterocycles. The summed E-state index contributed by atoms with van der Waals surface area (Å²) in [4.78, 5) is 8.16. The summed E-state index contributed by atoms with van der Waals surface area (Å²) in [5, 5.41) is 38.7. The molecule has 0 aliphatic carbocycles. The standard InChI is InChI=1S/C11H15N5O4/c1-12-11-7-5(13-3-14-11)6(15-16-7)10-9(19)8(18)4(2-17)20-10/h3-4,8-10,17-19H,2H2,1H3,(H,15,16)(H,12,13,14)/t4-,8+,9-,10+/m0/s1. The molecule has 9 heteroatoms. The van der Waals surface area contributed by atoms with E-state index in [1.165, 1.54) is 6.33 Å². The fourth-order valence-electron chi connectivity index (χ4n) is 2.37. The molecule has 0 spiro atoms. The number of aromatic nitrogens is 4. The first-order valence-corrected chi connectivity index (χ1v) is 6.16. The third kappa shape index (κ3) is 1.83. The summed E-state index contributed by atoms with van der Waals surface area (Å²) in [6.45, 7) is -0.377. The first-order valence-electron chi connectivity index (χ1n) is 6.16. The number of rotatable bonds is 3. The smallest absolute Gasteiger partial charge is 0.157 e. The van der Waals surface area contributed by atoms with E-state index in [1.54, 1.807) is 7.05 Å². The van der Waals surface area contributed by atoms with Gasteiger partial charge in [0.05, 0.1) is 12.3 Å². The van der Waals surface area contributed by atoms with Crippen molar-refractivity contribution in [1.82, 2.24) is 20.2 Å². The summed E-state index contributed by atoms with van der Waals surface area (Å²) in [5.74, 6) is 0.546. The van der Waals surface area contributed by atoms with Crippen molar-refractivity contribution < 1.29 is 20.1 Å². The van der Waals surface area contributed by atoms with Crippen LogP contribution in [0.4, 0.5) is 5.82 Å². The molecule has 0 saturated carbocycles. The van der Waals surface area contributed by atoms with Gasteiger partial charge in [-0.25, -0.2) is 9.97 Å². The lowest BCUT2D eigenvalue weighted by Gasteiger charge is -2.12. The van der Waals surface area contributed by atoms with Crippen LogP contribution in [0.3, 0.4) is 0 Å². The van der Waals surface area contributed by atoms with Gasteiger partial charge >= 0.3 is 0 Å². The highest BCUT2D eigenvalue weighted by Gasteiger charge is 2.44. The Morgan fingerprint density at radius 1 is 1.30 bits per heavy atom. The Morgan fingerprint density at radius 2 is 2.10 bits per heavy atom. The van der Waals surface area contributed by atoms with E-state index in [1.807, 2.05) is 0 Å². The Hall–Kier alpha value is -1.81. The third-order valence-corrected chi connectivity index (χ3v) is 3.43. The minimum Gasteiger partial charge on any atom is -0.394 e. The Bertz CT molecular complexity index is 618. The summed E-state index contributed by atoms with van der Waals surface area (Å²) in [7, 11) is 1.71. The predicted octanol–water partition coefficient (Wildman–Crippen LogP) is -1.45. The maximum absolute atomic E-state index is 10.0. The second-order valence-electron chi connectivity index (χ2n) is 4.57. The molecule has 0 radical (unpaired) electrons. The molecule has 0 bridgehead atoms. The zero-order chi connectivity index (χ0) is 14.3. The second kappa shape index (κ2) is 4.94. The summed E-state index contributed by atoms with van der Waals surface area (Å²) in [6.07, 6.45) is -2.61. The molecular formula is C11H15N5O4. The number of hydrogen-bond donors (Lipinski definition) is 5. The number of H-pyrrole nitrogens is 1. The fraction of sp³-hybridized carbons (Fsp3) is 0.545. The van der Waals surface area contributed by atoms with Crippen LogP contribution in [0.2, 0.25) is 0 Å². The van der Waals surface area contributed by atoms with Crippen molar-refractivity contribution in [2.45, 2.75) is 24.4 Å². The van der Waals surface area contributed by atoms with Crippen LogP contribution in [0.25, 0.3) is 11.0 Å². The van der Waals surface area contributed by atoms with Gasteiger partial charge in [0.1, 0.15) is 36.3 Å². The van der Waals surface area contributed by atoms with Gasteiger partial charge < -0.3 is 25.4 Å². The van der Waals surface area contributed by atoms with Crippen molar-refractivity contribution in [3.8, 4) is 0 Å². The van der Waals surface area contributed by atoms with Crippen molar-refractivity contribution >= 4 is 16.9 Å². The van der Waals surface area contributed by atoms with Crippen LogP contribution in [-0.4, -0.2) is 67.5 Å². The lowest BCUT2D eigenvalue weighted by atomic mass is 10.1. The van der Waals surface area contributed by atoms with Crippen molar-refractivity contribution in [3.63, 3.8) is 0 Å². The Morgan fingerprint density at radius 3 is 2.75 bits per heavy atom. The van der Waals surface area contributed by atoms with Crippen LogP contribution in [0.15, 0.2) is 6.33 Å². The summed E-state index contributed by atoms with van der Waals surface area (Å²) < 4.78 is 5.46. The van der Waals surface area contributed by atoms with E-state index >= 15 is 0 Å². The zero-order valence-corrected chi connectivity index (χ0v) is 10.7. The topological polar surface area (TPSA) is 136 Å².